The first-order valence-corrected chi connectivity index (χ1v) is 11.5. The fraction of sp³-hybridized carbons (Fsp3) is 0.167. The zero-order valence-electron chi connectivity index (χ0n) is 17.5. The number of esters is 1. The summed E-state index contributed by atoms with van der Waals surface area (Å²) >= 11 is 0. The van der Waals surface area contributed by atoms with Crippen LogP contribution >= 0.6 is 0 Å². The van der Waals surface area contributed by atoms with Crippen LogP contribution in [0.2, 0.25) is 0 Å². The summed E-state index contributed by atoms with van der Waals surface area (Å²) in [6.07, 6.45) is -0.117. The average molecular weight is 438 g/mol. The number of carbonyl (C=O) groups is 2. The first-order valence-electron chi connectivity index (χ1n) is 9.59. The van der Waals surface area contributed by atoms with E-state index in [-0.39, 0.29) is 17.0 Å². The molecule has 0 aromatic heterocycles. The van der Waals surface area contributed by atoms with Crippen molar-refractivity contribution in [3.05, 3.63) is 101 Å². The summed E-state index contributed by atoms with van der Waals surface area (Å²) in [6.45, 7) is 3.84. The molecule has 0 bridgehead atoms. The molecular formula is C24H23NO5S. The van der Waals surface area contributed by atoms with Crippen molar-refractivity contribution in [2.45, 2.75) is 20.0 Å². The van der Waals surface area contributed by atoms with Crippen molar-refractivity contribution in [3.63, 3.8) is 0 Å². The summed E-state index contributed by atoms with van der Waals surface area (Å²) in [5.41, 5.74) is 3.36. The number of benzene rings is 3. The van der Waals surface area contributed by atoms with Crippen molar-refractivity contribution < 1.29 is 22.7 Å². The van der Waals surface area contributed by atoms with Gasteiger partial charge in [-0.1, -0.05) is 65.7 Å². The number of ketones is 1. The van der Waals surface area contributed by atoms with Gasteiger partial charge in [0.15, 0.2) is 6.10 Å². The second kappa shape index (κ2) is 9.14. The number of hydrogen-bond donors (Lipinski definition) is 1. The Labute approximate surface area is 181 Å². The molecular weight excluding hydrogens is 414 g/mol. The number of nitrogens with one attached hydrogen (secondary N) is 1. The molecule has 7 heteroatoms. The fourth-order valence-electron chi connectivity index (χ4n) is 2.98. The molecule has 31 heavy (non-hydrogen) atoms. The van der Waals surface area contributed by atoms with Crippen molar-refractivity contribution in [3.8, 4) is 0 Å². The quantitative estimate of drug-likeness (QED) is 0.436. The molecule has 6 nitrogen and oxygen atoms in total. The second-order valence-corrected chi connectivity index (χ2v) is 9.13. The van der Waals surface area contributed by atoms with E-state index in [1.165, 1.54) is 24.3 Å². The highest BCUT2D eigenvalue weighted by Gasteiger charge is 2.27. The van der Waals surface area contributed by atoms with E-state index in [9.17, 15) is 18.0 Å². The summed E-state index contributed by atoms with van der Waals surface area (Å²) in [5, 5.41) is 0. The number of sulfonamides is 1. The van der Waals surface area contributed by atoms with Gasteiger partial charge in [0, 0.05) is 16.8 Å². The van der Waals surface area contributed by atoms with Gasteiger partial charge in [0.05, 0.1) is 11.8 Å². The molecule has 0 amide bonds. The third-order valence-corrected chi connectivity index (χ3v) is 5.19. The van der Waals surface area contributed by atoms with E-state index in [2.05, 4.69) is 4.72 Å². The molecule has 0 radical (unpaired) electrons. The van der Waals surface area contributed by atoms with Gasteiger partial charge >= 0.3 is 5.97 Å². The van der Waals surface area contributed by atoms with Gasteiger partial charge in [-0.3, -0.25) is 9.52 Å². The van der Waals surface area contributed by atoms with Crippen molar-refractivity contribution in [1.82, 2.24) is 0 Å². The SMILES string of the molecule is Cc1ccc(C(=O)[C@H](OC(=O)c2cccc(NS(C)(=O)=O)c2)c2ccc(C)cc2)cc1. The van der Waals surface area contributed by atoms with Crippen molar-refractivity contribution in [2.75, 3.05) is 11.0 Å². The minimum absolute atomic E-state index is 0.127. The van der Waals surface area contributed by atoms with Gasteiger partial charge in [-0.05, 0) is 32.0 Å². The van der Waals surface area contributed by atoms with Crippen LogP contribution in [-0.2, 0) is 14.8 Å². The summed E-state index contributed by atoms with van der Waals surface area (Å²) < 4.78 is 30.9. The molecule has 0 fully saturated rings. The molecule has 3 aromatic carbocycles. The minimum Gasteiger partial charge on any atom is -0.445 e. The standard InChI is InChI=1S/C24H23NO5S/c1-16-7-11-18(12-8-16)22(26)23(19-13-9-17(2)10-14-19)30-24(27)20-5-4-6-21(15-20)25-31(3,28)29/h4-15,23,25H,1-3H3/t23-/m1/s1. The Kier molecular flexibility index (Phi) is 6.56. The van der Waals surface area contributed by atoms with Crippen LogP contribution in [0.3, 0.4) is 0 Å². The smallest absolute Gasteiger partial charge is 0.339 e. The first kappa shape index (κ1) is 22.2. The third kappa shape index (κ3) is 6.02. The zero-order valence-corrected chi connectivity index (χ0v) is 18.3. The van der Waals surface area contributed by atoms with Crippen molar-refractivity contribution in [2.24, 2.45) is 0 Å². The number of Topliss-reactive ketones (excluding diaryl/α,β-unsaturated/α-hetero) is 1. The van der Waals surface area contributed by atoms with E-state index in [0.29, 0.717) is 11.1 Å². The minimum atomic E-state index is -3.50. The van der Waals surface area contributed by atoms with Crippen LogP contribution in [0.5, 0.6) is 0 Å². The highest BCUT2D eigenvalue weighted by atomic mass is 32.2. The molecule has 0 saturated heterocycles. The molecule has 0 aliphatic carbocycles. The second-order valence-electron chi connectivity index (χ2n) is 7.38. The van der Waals surface area contributed by atoms with Gasteiger partial charge in [-0.2, -0.15) is 0 Å². The predicted octanol–water partition coefficient (Wildman–Crippen LogP) is 4.46. The third-order valence-electron chi connectivity index (χ3n) is 4.58. The Bertz CT molecular complexity index is 1200. The monoisotopic (exact) mass is 437 g/mol. The van der Waals surface area contributed by atoms with Crippen molar-refractivity contribution in [1.29, 1.82) is 0 Å². The van der Waals surface area contributed by atoms with Gasteiger partial charge < -0.3 is 4.74 Å². The average Bonchev–Trinajstić information content (AvgIpc) is 2.71. The van der Waals surface area contributed by atoms with E-state index in [1.807, 2.05) is 38.1 Å². The molecule has 1 N–H and O–H groups in total. The van der Waals surface area contributed by atoms with E-state index in [4.69, 9.17) is 4.74 Å². The predicted molar refractivity (Wildman–Crippen MR) is 120 cm³/mol. The lowest BCUT2D eigenvalue weighted by atomic mass is 9.98. The topological polar surface area (TPSA) is 89.5 Å². The van der Waals surface area contributed by atoms with Crippen LogP contribution in [0.15, 0.2) is 72.8 Å². The Morgan fingerprint density at radius 1 is 0.839 bits per heavy atom. The Morgan fingerprint density at radius 2 is 1.42 bits per heavy atom. The maximum Gasteiger partial charge on any atom is 0.339 e. The van der Waals surface area contributed by atoms with E-state index in [0.717, 1.165) is 17.4 Å². The maximum atomic E-state index is 13.2. The van der Waals surface area contributed by atoms with Crippen LogP contribution in [0, 0.1) is 13.8 Å². The maximum absolute atomic E-state index is 13.2. The van der Waals surface area contributed by atoms with Crippen LogP contribution in [-0.4, -0.2) is 26.4 Å². The summed E-state index contributed by atoms with van der Waals surface area (Å²) in [7, 11) is -3.50. The summed E-state index contributed by atoms with van der Waals surface area (Å²) in [4.78, 5) is 26.0. The number of rotatable bonds is 7. The van der Waals surface area contributed by atoms with Crippen LogP contribution in [0.25, 0.3) is 0 Å². The van der Waals surface area contributed by atoms with Gasteiger partial charge in [0.1, 0.15) is 0 Å². The zero-order chi connectivity index (χ0) is 22.6. The van der Waals surface area contributed by atoms with Gasteiger partial charge in [-0.25, -0.2) is 13.2 Å². The first-order chi connectivity index (χ1) is 14.6. The molecule has 3 aromatic rings. The Hall–Kier alpha value is -3.45. The lowest BCUT2D eigenvalue weighted by Crippen LogP contribution is -2.20. The highest BCUT2D eigenvalue weighted by molar-refractivity contribution is 7.92. The Morgan fingerprint density at radius 3 is 2.00 bits per heavy atom. The molecule has 0 unspecified atom stereocenters. The van der Waals surface area contributed by atoms with Gasteiger partial charge in [-0.15, -0.1) is 0 Å². The van der Waals surface area contributed by atoms with E-state index >= 15 is 0 Å². The van der Waals surface area contributed by atoms with E-state index in [1.54, 1.807) is 24.3 Å². The van der Waals surface area contributed by atoms with Gasteiger partial charge in [0.25, 0.3) is 0 Å². The number of ether oxygens (including phenoxy) is 1. The highest BCUT2D eigenvalue weighted by Crippen LogP contribution is 2.25. The van der Waals surface area contributed by atoms with Gasteiger partial charge in [0.2, 0.25) is 15.8 Å². The molecule has 0 aliphatic rings. The number of anilines is 1. The molecule has 1 atom stereocenters. The van der Waals surface area contributed by atoms with E-state index < -0.39 is 22.1 Å². The molecule has 0 aliphatic heterocycles. The molecule has 3 rings (SSSR count). The summed E-state index contributed by atoms with van der Waals surface area (Å²) in [6, 6.07) is 20.1. The number of hydrogen-bond acceptors (Lipinski definition) is 5. The molecule has 0 heterocycles. The number of aryl methyl sites for hydroxylation is 2. The largest absolute Gasteiger partial charge is 0.445 e. The van der Waals surface area contributed by atoms with Crippen LogP contribution < -0.4 is 4.72 Å². The van der Waals surface area contributed by atoms with Crippen LogP contribution in [0.4, 0.5) is 5.69 Å². The molecule has 0 spiro atoms. The lowest BCUT2D eigenvalue weighted by molar-refractivity contribution is 0.0280. The number of carbonyl (C=O) groups excluding carboxylic acids is 2. The van der Waals surface area contributed by atoms with Crippen molar-refractivity contribution >= 4 is 27.5 Å². The normalized spacial score (nSPS) is 12.1. The molecule has 0 saturated carbocycles. The molecule has 160 valence electrons. The Balaban J connectivity index is 1.92. The fourth-order valence-corrected chi connectivity index (χ4v) is 3.54. The van der Waals surface area contributed by atoms with Crippen LogP contribution in [0.1, 0.15) is 43.5 Å². The summed E-state index contributed by atoms with van der Waals surface area (Å²) in [5.74, 6) is -1.08. The lowest BCUT2D eigenvalue weighted by Gasteiger charge is -2.18.